The smallest absolute Gasteiger partial charge is 0.308 e. The molecule has 11 heteroatoms. The molecule has 13 atom stereocenters. The van der Waals surface area contributed by atoms with E-state index in [0.717, 1.165) is 6.29 Å². The van der Waals surface area contributed by atoms with Crippen LogP contribution in [0.5, 0.6) is 0 Å². The molecule has 262 valence electrons. The second kappa shape index (κ2) is 16.8. The van der Waals surface area contributed by atoms with E-state index in [1.165, 1.54) is 0 Å². The third-order valence-electron chi connectivity index (χ3n) is 9.99. The second-order valence-corrected chi connectivity index (χ2v) is 14.1. The highest BCUT2D eigenvalue weighted by atomic mass is 16.7. The number of cyclic esters (lactones) is 1. The maximum absolute atomic E-state index is 13.4. The summed E-state index contributed by atoms with van der Waals surface area (Å²) in [7, 11) is 3.81. The third kappa shape index (κ3) is 9.69. The lowest BCUT2D eigenvalue weighted by molar-refractivity contribution is -0.287. The lowest BCUT2D eigenvalue weighted by atomic mass is 9.79. The number of nitrogens with zero attached hydrogens (tertiary/aromatic N) is 1. The van der Waals surface area contributed by atoms with Crippen molar-refractivity contribution in [2.75, 3.05) is 14.1 Å². The van der Waals surface area contributed by atoms with Crippen LogP contribution in [0.15, 0.2) is 12.2 Å². The molecule has 0 radical (unpaired) electrons. The summed E-state index contributed by atoms with van der Waals surface area (Å²) < 4.78 is 30.8. The average molecular weight is 652 g/mol. The summed E-state index contributed by atoms with van der Waals surface area (Å²) in [6.07, 6.45) is 1.45. The van der Waals surface area contributed by atoms with Gasteiger partial charge in [0.15, 0.2) is 18.2 Å². The van der Waals surface area contributed by atoms with Crippen molar-refractivity contribution in [2.24, 2.45) is 23.7 Å². The lowest BCUT2D eigenvalue weighted by Gasteiger charge is -2.45. The van der Waals surface area contributed by atoms with E-state index in [1.807, 2.05) is 60.5 Å². The number of rotatable bonds is 9. The van der Waals surface area contributed by atoms with Gasteiger partial charge in [0.2, 0.25) is 0 Å². The number of allylic oxidation sites excluding steroid dienone is 1. The normalized spacial score (nSPS) is 41.7. The molecule has 0 aromatic rings. The Morgan fingerprint density at radius 2 is 1.80 bits per heavy atom. The lowest BCUT2D eigenvalue weighted by Crippen LogP contribution is -2.57. The van der Waals surface area contributed by atoms with E-state index < -0.39 is 60.0 Å². The summed E-state index contributed by atoms with van der Waals surface area (Å²) in [6.45, 7) is 13.2. The number of ether oxygens (including phenoxy) is 5. The number of hydrogen-bond donors (Lipinski definition) is 1. The number of esters is 2. The third-order valence-corrected chi connectivity index (χ3v) is 9.99. The van der Waals surface area contributed by atoms with Crippen molar-refractivity contribution < 1.29 is 48.0 Å². The topological polar surface area (TPSA) is 141 Å². The van der Waals surface area contributed by atoms with Crippen LogP contribution >= 0.6 is 0 Å². The highest BCUT2D eigenvalue weighted by Gasteiger charge is 2.55. The molecule has 2 fully saturated rings. The zero-order valence-electron chi connectivity index (χ0n) is 29.2. The molecule has 3 aliphatic heterocycles. The predicted molar refractivity (Wildman–Crippen MR) is 171 cm³/mol. The van der Waals surface area contributed by atoms with Crippen molar-refractivity contribution in [3.8, 4) is 0 Å². The van der Waals surface area contributed by atoms with E-state index in [2.05, 4.69) is 0 Å². The van der Waals surface area contributed by atoms with Gasteiger partial charge in [-0.1, -0.05) is 34.6 Å². The zero-order valence-corrected chi connectivity index (χ0v) is 29.2. The van der Waals surface area contributed by atoms with Gasteiger partial charge in [-0.05, 0) is 71.7 Å². The Morgan fingerprint density at radius 1 is 1.11 bits per heavy atom. The Kier molecular flexibility index (Phi) is 14.0. The van der Waals surface area contributed by atoms with Gasteiger partial charge in [0, 0.05) is 30.6 Å². The largest absolute Gasteiger partial charge is 0.462 e. The minimum absolute atomic E-state index is 0.0471. The highest BCUT2D eigenvalue weighted by molar-refractivity contribution is 5.91. The first-order chi connectivity index (χ1) is 21.6. The Labute approximate surface area is 274 Å². The molecule has 3 aliphatic rings. The van der Waals surface area contributed by atoms with Crippen LogP contribution in [-0.2, 0) is 42.9 Å². The van der Waals surface area contributed by atoms with Gasteiger partial charge in [-0.2, -0.15) is 0 Å². The van der Waals surface area contributed by atoms with Gasteiger partial charge >= 0.3 is 11.9 Å². The molecule has 3 heterocycles. The van der Waals surface area contributed by atoms with Crippen molar-refractivity contribution in [2.45, 2.75) is 148 Å². The van der Waals surface area contributed by atoms with E-state index in [4.69, 9.17) is 23.7 Å². The Bertz CT molecular complexity index is 1080. The van der Waals surface area contributed by atoms with Gasteiger partial charge in [0.05, 0.1) is 36.9 Å². The van der Waals surface area contributed by atoms with Crippen molar-refractivity contribution in [3.63, 3.8) is 0 Å². The summed E-state index contributed by atoms with van der Waals surface area (Å²) in [5.41, 5.74) is -0.657. The van der Waals surface area contributed by atoms with Crippen molar-refractivity contribution in [3.05, 3.63) is 12.2 Å². The summed E-state index contributed by atoms with van der Waals surface area (Å²) in [6, 6.07) is -0.214. The number of hydrogen-bond acceptors (Lipinski definition) is 11. The summed E-state index contributed by atoms with van der Waals surface area (Å²) in [5, 5.41) is 11.5. The molecule has 2 saturated heterocycles. The maximum Gasteiger partial charge on any atom is 0.308 e. The van der Waals surface area contributed by atoms with Crippen LogP contribution in [0.3, 0.4) is 0 Å². The molecule has 0 aromatic heterocycles. The van der Waals surface area contributed by atoms with Gasteiger partial charge in [0.25, 0.3) is 0 Å². The predicted octanol–water partition coefficient (Wildman–Crippen LogP) is 4.02. The van der Waals surface area contributed by atoms with E-state index in [9.17, 15) is 24.3 Å². The fourth-order valence-electron chi connectivity index (χ4n) is 7.02. The first kappa shape index (κ1) is 38.3. The summed E-state index contributed by atoms with van der Waals surface area (Å²) in [5.74, 6) is -2.83. The number of fused-ring (bicyclic) bond motifs is 1. The Hall–Kier alpha value is -2.18. The fourth-order valence-corrected chi connectivity index (χ4v) is 7.02. The number of epoxide rings is 1. The molecule has 3 rings (SSSR count). The second-order valence-electron chi connectivity index (χ2n) is 14.1. The highest BCUT2D eigenvalue weighted by Crippen LogP contribution is 2.45. The van der Waals surface area contributed by atoms with Gasteiger partial charge in [-0.25, -0.2) is 0 Å². The van der Waals surface area contributed by atoms with Crippen LogP contribution < -0.4 is 0 Å². The SMILES string of the molecule is CCCC(=O)O[C@H]1[C@H](OC2[C@@H](CC=O)C[C@@H](C)C(=O)/C=C/[C@]3(C)O[C@H]3[C@H](C)C(CC)OC(=O)C[C@@H](O)[C@@H]2C)O[C@H](C)C[C@@H]1N(C)C. The van der Waals surface area contributed by atoms with Crippen LogP contribution in [0.25, 0.3) is 0 Å². The number of carbonyl (C=O) groups is 4. The molecular formula is C35H57NO10. The van der Waals surface area contributed by atoms with Crippen molar-refractivity contribution >= 4 is 24.0 Å². The molecule has 11 nitrogen and oxygen atoms in total. The van der Waals surface area contributed by atoms with E-state index >= 15 is 0 Å². The zero-order chi connectivity index (χ0) is 34.3. The summed E-state index contributed by atoms with van der Waals surface area (Å²) >= 11 is 0. The molecule has 46 heavy (non-hydrogen) atoms. The minimum Gasteiger partial charge on any atom is -0.462 e. The molecule has 0 aliphatic carbocycles. The molecular weight excluding hydrogens is 594 g/mol. The monoisotopic (exact) mass is 651 g/mol. The number of aldehydes is 1. The number of aliphatic hydroxyl groups is 1. The number of ketones is 1. The van der Waals surface area contributed by atoms with E-state index in [0.29, 0.717) is 19.3 Å². The minimum atomic E-state index is -1.19. The maximum atomic E-state index is 13.4. The summed E-state index contributed by atoms with van der Waals surface area (Å²) in [4.78, 5) is 53.3. The Morgan fingerprint density at radius 3 is 2.41 bits per heavy atom. The standard InChI is InChI=1S/C35H57NO10/c1-10-12-29(40)44-32-25(36(8)9)18-21(4)42-34(32)45-31-22(5)27(39)19-30(41)43-28(11-2)23(6)33-35(7,46-33)15-13-26(38)20(3)17-24(31)14-16-37/h13,15-16,20-25,27-28,31-34,39H,10-12,14,17-19H2,1-9H3/b15-13+/t20-,21-,22+,23-,24+,25+,27-,28?,31?,32-,33+,34+,35+/m1/s1. The van der Waals surface area contributed by atoms with Crippen LogP contribution in [0.2, 0.25) is 0 Å². The number of carbonyl (C=O) groups excluding carboxylic acids is 4. The van der Waals surface area contributed by atoms with E-state index in [1.54, 1.807) is 19.1 Å². The molecule has 0 amide bonds. The molecule has 0 aromatic carbocycles. The number of likely N-dealkylation sites (N-methyl/N-ethyl adjacent to an activating group) is 1. The number of aliphatic hydroxyl groups excluding tert-OH is 1. The van der Waals surface area contributed by atoms with E-state index in [-0.39, 0.29) is 61.6 Å². The van der Waals surface area contributed by atoms with Crippen molar-refractivity contribution in [1.29, 1.82) is 0 Å². The molecule has 1 N–H and O–H groups in total. The van der Waals surface area contributed by atoms with Crippen LogP contribution in [-0.4, -0.2) is 103 Å². The quantitative estimate of drug-likeness (QED) is 0.220. The van der Waals surface area contributed by atoms with Crippen molar-refractivity contribution in [1.82, 2.24) is 4.90 Å². The first-order valence-corrected chi connectivity index (χ1v) is 17.0. The first-order valence-electron chi connectivity index (χ1n) is 17.0. The van der Waals surface area contributed by atoms with Gasteiger partial charge in [-0.15, -0.1) is 0 Å². The molecule has 2 unspecified atom stereocenters. The van der Waals surface area contributed by atoms with Gasteiger partial charge < -0.3 is 38.5 Å². The van der Waals surface area contributed by atoms with Gasteiger partial charge in [0.1, 0.15) is 18.0 Å². The molecule has 0 spiro atoms. The van der Waals surface area contributed by atoms with Gasteiger partial charge in [-0.3, -0.25) is 14.4 Å². The average Bonchev–Trinajstić information content (AvgIpc) is 3.68. The Balaban J connectivity index is 2.01. The van der Waals surface area contributed by atoms with Crippen LogP contribution in [0.4, 0.5) is 0 Å². The fraction of sp³-hybridized carbons (Fsp3) is 0.829. The van der Waals surface area contributed by atoms with Crippen LogP contribution in [0.1, 0.15) is 93.4 Å². The molecule has 0 saturated carbocycles. The van der Waals surface area contributed by atoms with Crippen LogP contribution in [0, 0.1) is 23.7 Å². The molecule has 0 bridgehead atoms.